The Hall–Kier alpha value is -0.970. The van der Waals surface area contributed by atoms with Gasteiger partial charge in [-0.25, -0.2) is 4.39 Å². The van der Waals surface area contributed by atoms with E-state index in [1.807, 2.05) is 19.2 Å². The number of ether oxygens (including phenoxy) is 1. The molecule has 0 amide bonds. The minimum atomic E-state index is -0.135. The molecule has 0 aliphatic rings. The van der Waals surface area contributed by atoms with Crippen molar-refractivity contribution in [3.63, 3.8) is 0 Å². The van der Waals surface area contributed by atoms with Crippen molar-refractivity contribution in [1.82, 2.24) is 10.2 Å². The van der Waals surface area contributed by atoms with Crippen molar-refractivity contribution in [2.24, 2.45) is 0 Å². The molecule has 0 fully saturated rings. The van der Waals surface area contributed by atoms with E-state index in [1.54, 1.807) is 13.2 Å². The lowest BCUT2D eigenvalue weighted by Gasteiger charge is -2.30. The van der Waals surface area contributed by atoms with Gasteiger partial charge in [0.05, 0.1) is 6.61 Å². The molecule has 0 saturated heterocycles. The van der Waals surface area contributed by atoms with E-state index in [9.17, 15) is 4.39 Å². The topological polar surface area (TPSA) is 24.5 Å². The number of nitrogens with one attached hydrogen (secondary N) is 1. The Morgan fingerprint density at radius 1 is 1.29 bits per heavy atom. The molecule has 1 aromatic rings. The van der Waals surface area contributed by atoms with Gasteiger partial charge in [0.15, 0.2) is 0 Å². The summed E-state index contributed by atoms with van der Waals surface area (Å²) in [7, 11) is 3.62. The van der Waals surface area contributed by atoms with Gasteiger partial charge < -0.3 is 10.1 Å². The van der Waals surface area contributed by atoms with Crippen LogP contribution in [-0.4, -0.2) is 44.8 Å². The van der Waals surface area contributed by atoms with Crippen molar-refractivity contribution in [3.05, 3.63) is 35.6 Å². The van der Waals surface area contributed by atoms with Crippen LogP contribution in [0.3, 0.4) is 0 Å². The van der Waals surface area contributed by atoms with Crippen molar-refractivity contribution in [3.8, 4) is 0 Å². The molecule has 0 aliphatic heterocycles. The standard InChI is InChI=1S/C17H29FN2O/c1-5-14(2)20(12-13-21-4)11-10-17(19-3)15-8-6-7-9-16(15)18/h6-9,14,17,19H,5,10-13H2,1-4H3. The molecule has 0 spiro atoms. The molecule has 1 N–H and O–H groups in total. The summed E-state index contributed by atoms with van der Waals surface area (Å²) in [5.41, 5.74) is 0.746. The largest absolute Gasteiger partial charge is 0.383 e. The van der Waals surface area contributed by atoms with Crippen LogP contribution < -0.4 is 5.32 Å². The van der Waals surface area contributed by atoms with E-state index in [2.05, 4.69) is 24.1 Å². The Morgan fingerprint density at radius 2 is 2.00 bits per heavy atom. The Labute approximate surface area is 128 Å². The van der Waals surface area contributed by atoms with Gasteiger partial charge in [-0.15, -0.1) is 0 Å². The minimum absolute atomic E-state index is 0.0419. The van der Waals surface area contributed by atoms with Gasteiger partial charge in [-0.1, -0.05) is 25.1 Å². The summed E-state index contributed by atoms with van der Waals surface area (Å²) < 4.78 is 19.1. The molecule has 0 saturated carbocycles. The molecular formula is C17H29FN2O. The summed E-state index contributed by atoms with van der Waals surface area (Å²) in [5, 5.41) is 3.23. The third kappa shape index (κ3) is 5.73. The van der Waals surface area contributed by atoms with Crippen LogP contribution >= 0.6 is 0 Å². The second-order valence-corrected chi connectivity index (χ2v) is 5.44. The van der Waals surface area contributed by atoms with Crippen molar-refractivity contribution in [1.29, 1.82) is 0 Å². The maximum absolute atomic E-state index is 13.9. The lowest BCUT2D eigenvalue weighted by Crippen LogP contribution is -2.37. The van der Waals surface area contributed by atoms with Crippen molar-refractivity contribution >= 4 is 0 Å². The number of benzene rings is 1. The second kappa shape index (κ2) is 9.87. The first kappa shape index (κ1) is 18.1. The second-order valence-electron chi connectivity index (χ2n) is 5.44. The molecule has 2 unspecified atom stereocenters. The predicted octanol–water partition coefficient (Wildman–Crippen LogP) is 3.22. The SMILES string of the molecule is CCC(C)N(CCOC)CCC(NC)c1ccccc1F. The molecule has 0 aromatic heterocycles. The van der Waals surface area contributed by atoms with E-state index in [0.717, 1.165) is 38.1 Å². The van der Waals surface area contributed by atoms with Gasteiger partial charge in [0, 0.05) is 37.8 Å². The smallest absolute Gasteiger partial charge is 0.127 e. The van der Waals surface area contributed by atoms with Crippen LogP contribution in [0.1, 0.15) is 38.3 Å². The predicted molar refractivity (Wildman–Crippen MR) is 86.0 cm³/mol. The van der Waals surface area contributed by atoms with Gasteiger partial charge in [0.1, 0.15) is 5.82 Å². The first-order valence-electron chi connectivity index (χ1n) is 7.78. The zero-order valence-corrected chi connectivity index (χ0v) is 13.7. The molecule has 0 aliphatic carbocycles. The Morgan fingerprint density at radius 3 is 2.57 bits per heavy atom. The van der Waals surface area contributed by atoms with Gasteiger partial charge in [0.2, 0.25) is 0 Å². The van der Waals surface area contributed by atoms with Crippen LogP contribution in [0.4, 0.5) is 4.39 Å². The van der Waals surface area contributed by atoms with E-state index in [0.29, 0.717) is 6.04 Å². The summed E-state index contributed by atoms with van der Waals surface area (Å²) in [6.45, 7) is 7.00. The van der Waals surface area contributed by atoms with E-state index in [1.165, 1.54) is 6.07 Å². The normalized spacial score (nSPS) is 14.4. The van der Waals surface area contributed by atoms with Crippen LogP contribution in [-0.2, 0) is 4.74 Å². The number of rotatable bonds is 10. The first-order valence-corrected chi connectivity index (χ1v) is 7.78. The number of methoxy groups -OCH3 is 1. The molecular weight excluding hydrogens is 267 g/mol. The summed E-state index contributed by atoms with van der Waals surface area (Å²) in [4.78, 5) is 2.41. The highest BCUT2D eigenvalue weighted by atomic mass is 19.1. The molecule has 0 bridgehead atoms. The van der Waals surface area contributed by atoms with Crippen molar-refractivity contribution in [2.75, 3.05) is 33.9 Å². The van der Waals surface area contributed by atoms with Crippen molar-refractivity contribution < 1.29 is 9.13 Å². The zero-order valence-electron chi connectivity index (χ0n) is 13.7. The van der Waals surface area contributed by atoms with Crippen LogP contribution in [0.15, 0.2) is 24.3 Å². The molecule has 3 nitrogen and oxygen atoms in total. The number of halogens is 1. The van der Waals surface area contributed by atoms with E-state index >= 15 is 0 Å². The fourth-order valence-corrected chi connectivity index (χ4v) is 2.53. The molecule has 2 atom stereocenters. The fourth-order valence-electron chi connectivity index (χ4n) is 2.53. The van der Waals surface area contributed by atoms with E-state index in [4.69, 9.17) is 4.74 Å². The van der Waals surface area contributed by atoms with Gasteiger partial charge in [-0.2, -0.15) is 0 Å². The molecule has 0 radical (unpaired) electrons. The highest BCUT2D eigenvalue weighted by Gasteiger charge is 2.17. The molecule has 1 aromatic carbocycles. The zero-order chi connectivity index (χ0) is 15.7. The molecule has 120 valence electrons. The van der Waals surface area contributed by atoms with Gasteiger partial charge >= 0.3 is 0 Å². The summed E-state index contributed by atoms with van der Waals surface area (Å²) in [5.74, 6) is -0.135. The number of hydrogen-bond donors (Lipinski definition) is 1. The van der Waals surface area contributed by atoms with Gasteiger partial charge in [-0.3, -0.25) is 4.90 Å². The quantitative estimate of drug-likeness (QED) is 0.717. The van der Waals surface area contributed by atoms with E-state index < -0.39 is 0 Å². The summed E-state index contributed by atoms with van der Waals surface area (Å²) in [6.07, 6.45) is 1.99. The monoisotopic (exact) mass is 296 g/mol. The molecule has 21 heavy (non-hydrogen) atoms. The maximum Gasteiger partial charge on any atom is 0.127 e. The van der Waals surface area contributed by atoms with Crippen LogP contribution in [0.5, 0.6) is 0 Å². The highest BCUT2D eigenvalue weighted by Crippen LogP contribution is 2.20. The molecule has 4 heteroatoms. The third-order valence-electron chi connectivity index (χ3n) is 4.13. The lowest BCUT2D eigenvalue weighted by molar-refractivity contribution is 0.119. The van der Waals surface area contributed by atoms with Crippen molar-refractivity contribution in [2.45, 2.75) is 38.8 Å². The maximum atomic E-state index is 13.9. The number of hydrogen-bond acceptors (Lipinski definition) is 3. The molecule has 0 heterocycles. The van der Waals surface area contributed by atoms with Crippen LogP contribution in [0, 0.1) is 5.82 Å². The minimum Gasteiger partial charge on any atom is -0.383 e. The first-order chi connectivity index (χ1) is 10.1. The average Bonchev–Trinajstić information content (AvgIpc) is 2.51. The Kier molecular flexibility index (Phi) is 8.50. The average molecular weight is 296 g/mol. The van der Waals surface area contributed by atoms with Crippen LogP contribution in [0.2, 0.25) is 0 Å². The summed E-state index contributed by atoms with van der Waals surface area (Å²) in [6, 6.07) is 7.56. The van der Waals surface area contributed by atoms with E-state index in [-0.39, 0.29) is 11.9 Å². The molecule has 1 rings (SSSR count). The number of nitrogens with zero attached hydrogens (tertiary/aromatic N) is 1. The summed E-state index contributed by atoms with van der Waals surface area (Å²) >= 11 is 0. The highest BCUT2D eigenvalue weighted by molar-refractivity contribution is 5.21. The Balaban J connectivity index is 2.65. The van der Waals surface area contributed by atoms with Gasteiger partial charge in [0.25, 0.3) is 0 Å². The lowest BCUT2D eigenvalue weighted by atomic mass is 10.0. The fraction of sp³-hybridized carbons (Fsp3) is 0.647. The Bertz CT molecular complexity index is 400. The van der Waals surface area contributed by atoms with Gasteiger partial charge in [-0.05, 0) is 32.9 Å². The van der Waals surface area contributed by atoms with Crippen LogP contribution in [0.25, 0.3) is 0 Å². The third-order valence-corrected chi connectivity index (χ3v) is 4.13.